The van der Waals surface area contributed by atoms with Gasteiger partial charge in [0.2, 0.25) is 5.69 Å². The van der Waals surface area contributed by atoms with Gasteiger partial charge >= 0.3 is 0 Å². The van der Waals surface area contributed by atoms with Crippen molar-refractivity contribution in [2.24, 2.45) is 0 Å². The molecule has 0 radical (unpaired) electrons. The Kier molecular flexibility index (Phi) is 8.55. The topological polar surface area (TPSA) is 79.2 Å². The lowest BCUT2D eigenvalue weighted by atomic mass is 9.94. The smallest absolute Gasteiger partial charge is 0.212 e. The lowest BCUT2D eigenvalue weighted by Gasteiger charge is -2.24. The summed E-state index contributed by atoms with van der Waals surface area (Å²) < 4.78 is 18.3. The molecule has 10 aromatic carbocycles. The van der Waals surface area contributed by atoms with E-state index < -0.39 is 0 Å². The Morgan fingerprint density at radius 1 is 0.361 bits per heavy atom. The molecular formula is C64H36N6O2. The number of rotatable bonds is 6. The van der Waals surface area contributed by atoms with Crippen LogP contribution >= 0.6 is 0 Å². The summed E-state index contributed by atoms with van der Waals surface area (Å²) in [5.41, 5.74) is 13.0. The fourth-order valence-electron chi connectivity index (χ4n) is 11.1. The van der Waals surface area contributed by atoms with Gasteiger partial charge in [0.1, 0.15) is 22.3 Å². The van der Waals surface area contributed by atoms with Gasteiger partial charge in [-0.05, 0) is 60.2 Å². The molecule has 334 valence electrons. The highest BCUT2D eigenvalue weighted by molar-refractivity contribution is 6.26. The van der Waals surface area contributed by atoms with E-state index in [1.165, 1.54) is 0 Å². The number of fused-ring (bicyclic) bond motifs is 14. The van der Waals surface area contributed by atoms with Crippen LogP contribution in [0.1, 0.15) is 0 Å². The van der Waals surface area contributed by atoms with Crippen LogP contribution in [0.4, 0.5) is 5.69 Å². The number of furan rings is 2. The predicted molar refractivity (Wildman–Crippen MR) is 291 cm³/mol. The molecule has 0 unspecified atom stereocenters. The third-order valence-electron chi connectivity index (χ3n) is 14.2. The first-order chi connectivity index (χ1) is 35.7. The van der Waals surface area contributed by atoms with E-state index in [2.05, 4.69) is 129 Å². The Morgan fingerprint density at radius 3 is 1.28 bits per heavy atom. The molecule has 0 aliphatic heterocycles. The van der Waals surface area contributed by atoms with Crippen LogP contribution in [0.25, 0.3) is 149 Å². The molecule has 0 amide bonds. The summed E-state index contributed by atoms with van der Waals surface area (Å²) in [6.07, 6.45) is 0. The predicted octanol–water partition coefficient (Wildman–Crippen LogP) is 17.1. The largest absolute Gasteiger partial charge is 0.455 e. The van der Waals surface area contributed by atoms with Crippen molar-refractivity contribution in [2.75, 3.05) is 0 Å². The lowest BCUT2D eigenvalue weighted by molar-refractivity contribution is 0.672. The Hall–Kier alpha value is -10.1. The van der Waals surface area contributed by atoms with Crippen LogP contribution in [0.3, 0.4) is 0 Å². The van der Waals surface area contributed by atoms with E-state index in [1.54, 1.807) is 0 Å². The van der Waals surface area contributed by atoms with Gasteiger partial charge in [-0.3, -0.25) is 0 Å². The maximum absolute atomic E-state index is 9.25. The minimum Gasteiger partial charge on any atom is -0.455 e. The first kappa shape index (κ1) is 39.9. The first-order valence-electron chi connectivity index (χ1n) is 23.9. The highest BCUT2D eigenvalue weighted by Crippen LogP contribution is 2.51. The Morgan fingerprint density at radius 2 is 0.778 bits per heavy atom. The summed E-state index contributed by atoms with van der Waals surface area (Å²) in [7, 11) is 0. The van der Waals surface area contributed by atoms with Crippen molar-refractivity contribution in [3.8, 4) is 56.7 Å². The zero-order chi connectivity index (χ0) is 47.4. The first-order valence-corrected chi connectivity index (χ1v) is 23.9. The highest BCUT2D eigenvalue weighted by Gasteiger charge is 2.31. The monoisotopic (exact) mass is 920 g/mol. The van der Waals surface area contributed by atoms with Crippen molar-refractivity contribution in [3.05, 3.63) is 230 Å². The van der Waals surface area contributed by atoms with Crippen LogP contribution in [0, 0.1) is 6.57 Å². The van der Waals surface area contributed by atoms with E-state index in [1.807, 2.05) is 103 Å². The number of aromatic nitrogens is 5. The third-order valence-corrected chi connectivity index (χ3v) is 14.2. The van der Waals surface area contributed by atoms with Crippen LogP contribution in [0.2, 0.25) is 0 Å². The molecule has 5 heterocycles. The average molecular weight is 921 g/mol. The van der Waals surface area contributed by atoms with Crippen LogP contribution in [0.5, 0.6) is 0 Å². The van der Waals surface area contributed by atoms with Crippen LogP contribution < -0.4 is 0 Å². The molecule has 0 bridgehead atoms. The van der Waals surface area contributed by atoms with Gasteiger partial charge in [0.15, 0.2) is 17.5 Å². The highest BCUT2D eigenvalue weighted by atomic mass is 16.3. The molecule has 0 saturated heterocycles. The second-order valence-corrected chi connectivity index (χ2v) is 18.1. The Bertz CT molecular complexity index is 4690. The minimum atomic E-state index is 0.420. The van der Waals surface area contributed by atoms with Gasteiger partial charge in [-0.15, -0.1) is 0 Å². The standard InChI is InChI=1S/C64H36N6O2/c1-65-48-37-47(64-67-62(39-21-7-3-8-22-39)66-63(68-64)40-23-9-4-10-24-40)58(69-49-29-15-11-27-45(49)56-51(69)35-33-43-41-25-13-17-31-53(41)71-60(43)56)55(38-19-5-2-6-20-38)59(48)70-50-30-16-12-28-46(50)57-52(70)36-34-44-42-26-14-18-32-54(42)72-61(44)57/h2-37H. The molecule has 15 rings (SSSR count). The number of hydrogen-bond acceptors (Lipinski definition) is 5. The lowest BCUT2D eigenvalue weighted by Crippen LogP contribution is -2.08. The molecule has 5 aromatic heterocycles. The van der Waals surface area contributed by atoms with Crippen molar-refractivity contribution in [1.82, 2.24) is 24.1 Å². The maximum atomic E-state index is 9.25. The van der Waals surface area contributed by atoms with E-state index in [9.17, 15) is 6.57 Å². The van der Waals surface area contributed by atoms with Crippen LogP contribution in [-0.4, -0.2) is 24.1 Å². The van der Waals surface area contributed by atoms with Crippen molar-refractivity contribution >= 4 is 93.2 Å². The van der Waals surface area contributed by atoms with Crippen LogP contribution in [-0.2, 0) is 0 Å². The molecule has 8 heteroatoms. The SMILES string of the molecule is [C-]#[N+]c1cc(-c2nc(-c3ccccc3)nc(-c3ccccc3)n2)c(-n2c3ccccc3c3c4oc5ccccc5c4ccc32)c(-c2ccccc2)c1-n1c2ccccc2c2c3oc4ccccc4c3ccc21. The van der Waals surface area contributed by atoms with Gasteiger partial charge in [-0.2, -0.15) is 0 Å². The molecule has 72 heavy (non-hydrogen) atoms. The van der Waals surface area contributed by atoms with Gasteiger partial charge < -0.3 is 18.0 Å². The molecule has 0 aliphatic carbocycles. The fourth-order valence-corrected chi connectivity index (χ4v) is 11.1. The molecular weight excluding hydrogens is 885 g/mol. The van der Waals surface area contributed by atoms with Gasteiger partial charge in [-0.25, -0.2) is 19.8 Å². The molecule has 0 N–H and O–H groups in total. The molecule has 8 nitrogen and oxygen atoms in total. The second kappa shape index (κ2) is 15.5. The zero-order valence-corrected chi connectivity index (χ0v) is 38.3. The summed E-state index contributed by atoms with van der Waals surface area (Å²) in [6.45, 7) is 9.25. The minimum absolute atomic E-state index is 0.420. The van der Waals surface area contributed by atoms with Gasteiger partial charge in [0.25, 0.3) is 0 Å². The van der Waals surface area contributed by atoms with E-state index >= 15 is 0 Å². The second-order valence-electron chi connectivity index (χ2n) is 18.1. The number of para-hydroxylation sites is 4. The maximum Gasteiger partial charge on any atom is 0.212 e. The Labute approximate surface area is 410 Å². The molecule has 0 aliphatic rings. The Balaban J connectivity index is 1.17. The molecule has 15 aromatic rings. The fraction of sp³-hybridized carbons (Fsp3) is 0. The van der Waals surface area contributed by atoms with Gasteiger partial charge in [0, 0.05) is 54.6 Å². The van der Waals surface area contributed by atoms with Gasteiger partial charge in [-0.1, -0.05) is 164 Å². The van der Waals surface area contributed by atoms with Crippen molar-refractivity contribution < 1.29 is 8.83 Å². The number of nitrogens with zero attached hydrogens (tertiary/aromatic N) is 6. The molecule has 0 fully saturated rings. The summed E-state index contributed by atoms with van der Waals surface area (Å²) >= 11 is 0. The molecule has 0 spiro atoms. The van der Waals surface area contributed by atoms with E-state index in [0.717, 1.165) is 115 Å². The quantitative estimate of drug-likeness (QED) is 0.155. The van der Waals surface area contributed by atoms with Crippen molar-refractivity contribution in [3.63, 3.8) is 0 Å². The van der Waals surface area contributed by atoms with Crippen LogP contribution in [0.15, 0.2) is 227 Å². The molecule has 0 atom stereocenters. The number of benzene rings is 10. The third kappa shape index (κ3) is 5.76. The van der Waals surface area contributed by atoms with Crippen molar-refractivity contribution in [1.29, 1.82) is 0 Å². The van der Waals surface area contributed by atoms with Gasteiger partial charge in [0.05, 0.1) is 50.8 Å². The summed E-state index contributed by atoms with van der Waals surface area (Å²) in [6, 6.07) is 74.5. The van der Waals surface area contributed by atoms with E-state index in [0.29, 0.717) is 34.4 Å². The normalized spacial score (nSPS) is 11.9. The average Bonchev–Trinajstić information content (AvgIpc) is 4.21. The summed E-state index contributed by atoms with van der Waals surface area (Å²) in [5, 5.41) is 8.16. The molecule has 0 saturated carbocycles. The van der Waals surface area contributed by atoms with Crippen molar-refractivity contribution in [2.45, 2.75) is 0 Å². The summed E-state index contributed by atoms with van der Waals surface area (Å²) in [5.74, 6) is 1.46. The van der Waals surface area contributed by atoms with E-state index in [-0.39, 0.29) is 0 Å². The van der Waals surface area contributed by atoms with E-state index in [4.69, 9.17) is 23.8 Å². The number of hydrogen-bond donors (Lipinski definition) is 0. The summed E-state index contributed by atoms with van der Waals surface area (Å²) in [4.78, 5) is 20.4. The zero-order valence-electron chi connectivity index (χ0n) is 38.3.